The fourth-order valence-corrected chi connectivity index (χ4v) is 2.19. The van der Waals surface area contributed by atoms with Crippen LogP contribution in [0.25, 0.3) is 0 Å². The number of nitrogens with zero attached hydrogens (tertiary/aromatic N) is 2. The number of rotatable bonds is 8. The van der Waals surface area contributed by atoms with Crippen molar-refractivity contribution in [1.82, 2.24) is 0 Å². The highest BCUT2D eigenvalue weighted by molar-refractivity contribution is 5.85. The van der Waals surface area contributed by atoms with Gasteiger partial charge in [0.2, 0.25) is 0 Å². The van der Waals surface area contributed by atoms with Gasteiger partial charge in [-0.25, -0.2) is 0 Å². The molecule has 2 rings (SSSR count). The van der Waals surface area contributed by atoms with Crippen molar-refractivity contribution in [2.24, 2.45) is 9.98 Å². The Balaban J connectivity index is 1.90. The summed E-state index contributed by atoms with van der Waals surface area (Å²) >= 11 is 0. The van der Waals surface area contributed by atoms with Gasteiger partial charge in [0, 0.05) is 12.4 Å². The van der Waals surface area contributed by atoms with Crippen LogP contribution in [0.1, 0.15) is 11.1 Å². The lowest BCUT2D eigenvalue weighted by Crippen LogP contribution is -2.15. The molecular formula is C19H20N2O5-2. The van der Waals surface area contributed by atoms with Crippen LogP contribution in [0.5, 0.6) is 23.0 Å². The van der Waals surface area contributed by atoms with Gasteiger partial charge in [-0.2, -0.15) is 0 Å². The van der Waals surface area contributed by atoms with Crippen LogP contribution in [0.3, 0.4) is 0 Å². The lowest BCUT2D eigenvalue weighted by atomic mass is 10.2. The molecule has 7 heteroatoms. The summed E-state index contributed by atoms with van der Waals surface area (Å²) in [6.45, 7) is 0.159. The average Bonchev–Trinajstić information content (AvgIpc) is 2.64. The van der Waals surface area contributed by atoms with E-state index in [2.05, 4.69) is 9.98 Å². The number of methoxy groups -OCH3 is 2. The van der Waals surface area contributed by atoms with E-state index in [0.29, 0.717) is 11.1 Å². The van der Waals surface area contributed by atoms with E-state index in [1.165, 1.54) is 26.6 Å². The highest BCUT2D eigenvalue weighted by atomic mass is 16.5. The van der Waals surface area contributed by atoms with Crippen LogP contribution in [0.2, 0.25) is 0 Å². The molecule has 2 aromatic carbocycles. The van der Waals surface area contributed by atoms with Crippen molar-refractivity contribution >= 4 is 12.4 Å². The zero-order chi connectivity index (χ0) is 18.9. The first-order valence-electron chi connectivity index (χ1n) is 7.92. The van der Waals surface area contributed by atoms with Crippen LogP contribution in [0, 0.1) is 0 Å². The second kappa shape index (κ2) is 9.43. The monoisotopic (exact) mass is 356 g/mol. The second-order valence-electron chi connectivity index (χ2n) is 5.40. The molecule has 0 atom stereocenters. The van der Waals surface area contributed by atoms with E-state index in [0.717, 1.165) is 0 Å². The Kier molecular flexibility index (Phi) is 6.99. The van der Waals surface area contributed by atoms with Crippen LogP contribution in [0.15, 0.2) is 46.4 Å². The molecule has 0 heterocycles. The molecule has 138 valence electrons. The van der Waals surface area contributed by atoms with Gasteiger partial charge in [-0.3, -0.25) is 9.98 Å². The number of benzene rings is 2. The third kappa shape index (κ3) is 4.97. The van der Waals surface area contributed by atoms with Crippen molar-refractivity contribution in [2.45, 2.75) is 6.10 Å². The average molecular weight is 356 g/mol. The summed E-state index contributed by atoms with van der Waals surface area (Å²) < 4.78 is 9.91. The third-order valence-electron chi connectivity index (χ3n) is 3.55. The first-order chi connectivity index (χ1) is 12.6. The Morgan fingerprint density at radius 3 is 1.69 bits per heavy atom. The maximum atomic E-state index is 11.9. The molecule has 0 aliphatic rings. The molecule has 0 radical (unpaired) electrons. The summed E-state index contributed by atoms with van der Waals surface area (Å²) in [5.74, 6) is -0.0314. The number of para-hydroxylation sites is 2. The van der Waals surface area contributed by atoms with Gasteiger partial charge in [0.05, 0.1) is 33.4 Å². The number of ether oxygens (including phenoxy) is 2. The van der Waals surface area contributed by atoms with Crippen molar-refractivity contribution in [3.63, 3.8) is 0 Å². The first kappa shape index (κ1) is 19.3. The lowest BCUT2D eigenvalue weighted by molar-refractivity contribution is -0.270. The largest absolute Gasteiger partial charge is 0.870 e. The van der Waals surface area contributed by atoms with E-state index in [-0.39, 0.29) is 36.1 Å². The van der Waals surface area contributed by atoms with Gasteiger partial charge in [-0.1, -0.05) is 35.8 Å². The lowest BCUT2D eigenvalue weighted by Gasteiger charge is -2.15. The van der Waals surface area contributed by atoms with Gasteiger partial charge in [-0.15, -0.1) is 0 Å². The Labute approximate surface area is 151 Å². The van der Waals surface area contributed by atoms with Gasteiger partial charge < -0.3 is 24.8 Å². The Hall–Kier alpha value is -3.06. The molecule has 2 aromatic rings. The summed E-state index contributed by atoms with van der Waals surface area (Å²) in [4.78, 5) is 8.12. The van der Waals surface area contributed by atoms with Crippen LogP contribution < -0.4 is 19.7 Å². The van der Waals surface area contributed by atoms with E-state index >= 15 is 0 Å². The summed E-state index contributed by atoms with van der Waals surface area (Å²) in [7, 11) is 2.85. The Morgan fingerprint density at radius 2 is 1.31 bits per heavy atom. The highest BCUT2D eigenvalue weighted by Crippen LogP contribution is 2.25. The summed E-state index contributed by atoms with van der Waals surface area (Å²) in [6, 6.07) is 9.78. The minimum atomic E-state index is -0.830. The molecule has 26 heavy (non-hydrogen) atoms. The predicted molar refractivity (Wildman–Crippen MR) is 95.8 cm³/mol. The van der Waals surface area contributed by atoms with Crippen LogP contribution in [-0.4, -0.2) is 50.9 Å². The molecule has 0 aliphatic carbocycles. The molecule has 0 fully saturated rings. The minimum Gasteiger partial charge on any atom is -0.870 e. The van der Waals surface area contributed by atoms with Gasteiger partial charge in [0.15, 0.2) is 0 Å². The van der Waals surface area contributed by atoms with Crippen molar-refractivity contribution < 1.29 is 24.8 Å². The van der Waals surface area contributed by atoms with E-state index in [9.17, 15) is 15.3 Å². The minimum absolute atomic E-state index is 0.0797. The molecule has 0 saturated heterocycles. The predicted octanol–water partition coefficient (Wildman–Crippen LogP) is 0.750. The Bertz CT molecular complexity index is 724. The molecule has 7 nitrogen and oxygen atoms in total. The fourth-order valence-electron chi connectivity index (χ4n) is 2.19. The summed E-state index contributed by atoms with van der Waals surface area (Å²) in [5.41, 5.74) is 0.764. The second-order valence-corrected chi connectivity index (χ2v) is 5.40. The van der Waals surface area contributed by atoms with E-state index < -0.39 is 6.10 Å². The van der Waals surface area contributed by atoms with E-state index in [4.69, 9.17) is 9.47 Å². The quantitative estimate of drug-likeness (QED) is 0.702. The fraction of sp³-hybridized carbons (Fsp3) is 0.263. The van der Waals surface area contributed by atoms with Crippen molar-refractivity contribution in [3.05, 3.63) is 47.5 Å². The zero-order valence-corrected chi connectivity index (χ0v) is 14.6. The SMILES string of the molecule is COc1cccc(C=NCC(O)CN=Cc2cccc(OC)c2[O-])c1[O-]. The maximum Gasteiger partial charge on any atom is 0.111 e. The molecule has 0 aromatic heterocycles. The smallest absolute Gasteiger partial charge is 0.111 e. The van der Waals surface area contributed by atoms with E-state index in [1.807, 2.05) is 0 Å². The van der Waals surface area contributed by atoms with Gasteiger partial charge in [0.25, 0.3) is 0 Å². The maximum absolute atomic E-state index is 11.9. The van der Waals surface area contributed by atoms with Crippen LogP contribution in [-0.2, 0) is 0 Å². The molecule has 0 saturated carbocycles. The normalized spacial score (nSPS) is 12.6. The summed E-state index contributed by atoms with van der Waals surface area (Å²) in [5, 5.41) is 33.8. The van der Waals surface area contributed by atoms with E-state index in [1.54, 1.807) is 36.4 Å². The van der Waals surface area contributed by atoms with Crippen LogP contribution >= 0.6 is 0 Å². The molecular weight excluding hydrogens is 336 g/mol. The highest BCUT2D eigenvalue weighted by Gasteiger charge is 2.02. The van der Waals surface area contributed by atoms with Crippen molar-refractivity contribution in [2.75, 3.05) is 27.3 Å². The number of hydrogen-bond acceptors (Lipinski definition) is 7. The molecule has 0 bridgehead atoms. The zero-order valence-electron chi connectivity index (χ0n) is 14.6. The molecule has 0 amide bonds. The number of hydrogen-bond donors (Lipinski definition) is 1. The standard InChI is InChI=1S/C19H22N2O5/c1-25-16-7-3-5-13(18(16)23)9-20-11-15(22)12-21-10-14-6-4-8-17(26-2)19(14)24/h3-10,15,22-24H,11-12H2,1-2H3/p-2. The molecule has 1 N–H and O–H groups in total. The molecule has 0 spiro atoms. The Morgan fingerprint density at radius 1 is 0.885 bits per heavy atom. The molecule has 0 unspecified atom stereocenters. The topological polar surface area (TPSA) is 110 Å². The number of aliphatic imine (C=N–C) groups is 2. The van der Waals surface area contributed by atoms with Gasteiger partial charge >= 0.3 is 0 Å². The third-order valence-corrected chi connectivity index (χ3v) is 3.55. The molecule has 0 aliphatic heterocycles. The summed E-state index contributed by atoms with van der Waals surface area (Å²) in [6.07, 6.45) is 1.97. The number of aliphatic hydroxyl groups excluding tert-OH is 1. The van der Waals surface area contributed by atoms with Crippen LogP contribution in [0.4, 0.5) is 0 Å². The van der Waals surface area contributed by atoms with Crippen molar-refractivity contribution in [1.29, 1.82) is 0 Å². The van der Waals surface area contributed by atoms with Gasteiger partial charge in [-0.05, 0) is 23.3 Å². The number of aliphatic hydroxyl groups is 1. The van der Waals surface area contributed by atoms with Crippen molar-refractivity contribution in [3.8, 4) is 23.0 Å². The first-order valence-corrected chi connectivity index (χ1v) is 7.92. The van der Waals surface area contributed by atoms with Gasteiger partial charge in [0.1, 0.15) is 11.5 Å².